The minimum absolute atomic E-state index is 0.0543. The fourth-order valence-electron chi connectivity index (χ4n) is 4.11. The maximum Gasteiger partial charge on any atom is 0.264 e. The van der Waals surface area contributed by atoms with E-state index in [-0.39, 0.29) is 23.4 Å². The number of nitrogens with one attached hydrogen (secondary N) is 1. The molecule has 0 spiro atoms. The molecule has 7 nitrogen and oxygen atoms in total. The van der Waals surface area contributed by atoms with Crippen LogP contribution in [0.2, 0.25) is 0 Å². The van der Waals surface area contributed by atoms with Crippen LogP contribution in [0.1, 0.15) is 44.7 Å². The van der Waals surface area contributed by atoms with Gasteiger partial charge in [-0.15, -0.1) is 0 Å². The highest BCUT2D eigenvalue weighted by atomic mass is 79.9. The predicted molar refractivity (Wildman–Crippen MR) is 159 cm³/mol. The van der Waals surface area contributed by atoms with E-state index in [9.17, 15) is 18.0 Å². The SMILES string of the molecule is CC[C@@H](C)NC(=O)[C@H](CC)N(Cc1ccccc1)C(=O)CN(c1ccc(Br)cc1)S(=O)(=O)c1ccc(C)cc1. The Morgan fingerprint density at radius 3 is 2.08 bits per heavy atom. The molecule has 0 bridgehead atoms. The second-order valence-electron chi connectivity index (χ2n) is 9.55. The molecule has 39 heavy (non-hydrogen) atoms. The lowest BCUT2D eigenvalue weighted by molar-refractivity contribution is -0.140. The van der Waals surface area contributed by atoms with Crippen LogP contribution in [-0.2, 0) is 26.2 Å². The Bertz CT molecular complexity index is 1350. The number of amides is 2. The molecule has 1 N–H and O–H groups in total. The van der Waals surface area contributed by atoms with E-state index in [1.54, 1.807) is 36.4 Å². The summed E-state index contributed by atoms with van der Waals surface area (Å²) in [5.41, 5.74) is 2.12. The van der Waals surface area contributed by atoms with Crippen LogP contribution < -0.4 is 9.62 Å². The van der Waals surface area contributed by atoms with E-state index in [2.05, 4.69) is 21.2 Å². The van der Waals surface area contributed by atoms with Crippen molar-refractivity contribution in [1.82, 2.24) is 10.2 Å². The van der Waals surface area contributed by atoms with Gasteiger partial charge in [-0.3, -0.25) is 13.9 Å². The van der Waals surface area contributed by atoms with Gasteiger partial charge in [0.2, 0.25) is 11.8 Å². The van der Waals surface area contributed by atoms with Gasteiger partial charge in [-0.2, -0.15) is 0 Å². The summed E-state index contributed by atoms with van der Waals surface area (Å²) >= 11 is 3.39. The van der Waals surface area contributed by atoms with Crippen LogP contribution >= 0.6 is 15.9 Å². The highest BCUT2D eigenvalue weighted by molar-refractivity contribution is 9.10. The van der Waals surface area contributed by atoms with Gasteiger partial charge in [0.15, 0.2) is 0 Å². The molecule has 2 amide bonds. The summed E-state index contributed by atoms with van der Waals surface area (Å²) < 4.78 is 29.6. The minimum atomic E-state index is -4.09. The fraction of sp³-hybridized carbons (Fsp3) is 0.333. The molecule has 3 rings (SSSR count). The number of anilines is 1. The van der Waals surface area contributed by atoms with Crippen molar-refractivity contribution in [2.24, 2.45) is 0 Å². The summed E-state index contributed by atoms with van der Waals surface area (Å²) in [5.74, 6) is -0.726. The van der Waals surface area contributed by atoms with E-state index >= 15 is 0 Å². The monoisotopic (exact) mass is 613 g/mol. The number of halogens is 1. The van der Waals surface area contributed by atoms with Crippen molar-refractivity contribution in [2.75, 3.05) is 10.8 Å². The number of benzene rings is 3. The van der Waals surface area contributed by atoms with Crippen molar-refractivity contribution < 1.29 is 18.0 Å². The number of sulfonamides is 1. The van der Waals surface area contributed by atoms with Crippen molar-refractivity contribution in [2.45, 2.75) is 64.1 Å². The fourth-order valence-corrected chi connectivity index (χ4v) is 5.79. The summed E-state index contributed by atoms with van der Waals surface area (Å²) in [4.78, 5) is 28.9. The van der Waals surface area contributed by atoms with Crippen molar-refractivity contribution >= 4 is 43.5 Å². The highest BCUT2D eigenvalue weighted by Gasteiger charge is 2.33. The van der Waals surface area contributed by atoms with Gasteiger partial charge in [0.25, 0.3) is 10.0 Å². The zero-order valence-corrected chi connectivity index (χ0v) is 25.2. The number of carbonyl (C=O) groups excluding carboxylic acids is 2. The predicted octanol–water partition coefficient (Wildman–Crippen LogP) is 5.67. The summed E-state index contributed by atoms with van der Waals surface area (Å²) in [6.45, 7) is 7.33. The number of carbonyl (C=O) groups is 2. The van der Waals surface area contributed by atoms with Gasteiger partial charge < -0.3 is 10.2 Å². The van der Waals surface area contributed by atoms with Crippen molar-refractivity contribution in [3.8, 4) is 0 Å². The van der Waals surface area contributed by atoms with E-state index in [1.807, 2.05) is 58.0 Å². The minimum Gasteiger partial charge on any atom is -0.352 e. The van der Waals surface area contributed by atoms with Crippen LogP contribution in [0.4, 0.5) is 5.69 Å². The van der Waals surface area contributed by atoms with E-state index in [4.69, 9.17) is 0 Å². The molecule has 208 valence electrons. The average Bonchev–Trinajstić information content (AvgIpc) is 2.92. The second-order valence-corrected chi connectivity index (χ2v) is 12.3. The molecule has 2 atom stereocenters. The molecule has 0 fully saturated rings. The van der Waals surface area contributed by atoms with Crippen molar-refractivity contribution in [3.63, 3.8) is 0 Å². The Kier molecular flexibility index (Phi) is 10.7. The smallest absolute Gasteiger partial charge is 0.264 e. The van der Waals surface area contributed by atoms with Crippen LogP contribution in [0, 0.1) is 6.92 Å². The molecule has 0 aromatic heterocycles. The normalized spacial score (nSPS) is 12.8. The number of aryl methyl sites for hydroxylation is 1. The molecule has 0 radical (unpaired) electrons. The van der Waals surface area contributed by atoms with Gasteiger partial charge in [-0.05, 0) is 68.7 Å². The Balaban J connectivity index is 2.04. The topological polar surface area (TPSA) is 86.8 Å². The van der Waals surface area contributed by atoms with Crippen LogP contribution in [0.3, 0.4) is 0 Å². The lowest BCUT2D eigenvalue weighted by atomic mass is 10.1. The van der Waals surface area contributed by atoms with Gasteiger partial charge in [0.1, 0.15) is 12.6 Å². The molecule has 0 heterocycles. The molecular formula is C30H36BrN3O4S. The molecule has 0 saturated heterocycles. The molecule has 0 saturated carbocycles. The van der Waals surface area contributed by atoms with Crippen LogP contribution in [-0.4, -0.2) is 43.8 Å². The Labute approximate surface area is 240 Å². The summed E-state index contributed by atoms with van der Waals surface area (Å²) in [5, 5.41) is 2.98. The Morgan fingerprint density at radius 2 is 1.51 bits per heavy atom. The standard InChI is InChI=1S/C30H36BrN3O4S/c1-5-23(4)32-30(36)28(6-2)33(20-24-10-8-7-9-11-24)29(35)21-34(26-16-14-25(31)15-17-26)39(37,38)27-18-12-22(3)13-19-27/h7-19,23,28H,5-6,20-21H2,1-4H3,(H,32,36)/t23-,28+/m1/s1. The van der Waals surface area contributed by atoms with Crippen molar-refractivity contribution in [1.29, 1.82) is 0 Å². The molecule has 0 aliphatic carbocycles. The van der Waals surface area contributed by atoms with Gasteiger partial charge in [-0.1, -0.05) is 77.8 Å². The molecule has 3 aromatic carbocycles. The van der Waals surface area contributed by atoms with Crippen LogP contribution in [0.15, 0.2) is 88.2 Å². The molecule has 0 unspecified atom stereocenters. The summed E-state index contributed by atoms with van der Waals surface area (Å²) in [6, 6.07) is 21.9. The maximum atomic E-state index is 14.0. The molecule has 0 aliphatic rings. The van der Waals surface area contributed by atoms with E-state index in [0.29, 0.717) is 12.1 Å². The first-order valence-corrected chi connectivity index (χ1v) is 15.3. The number of hydrogen-bond donors (Lipinski definition) is 1. The maximum absolute atomic E-state index is 14.0. The molecule has 3 aromatic rings. The first-order valence-electron chi connectivity index (χ1n) is 13.1. The van der Waals surface area contributed by atoms with Crippen LogP contribution in [0.5, 0.6) is 0 Å². The van der Waals surface area contributed by atoms with Gasteiger partial charge in [0.05, 0.1) is 10.6 Å². The Morgan fingerprint density at radius 1 is 0.897 bits per heavy atom. The molecule has 9 heteroatoms. The summed E-state index contributed by atoms with van der Waals surface area (Å²) in [7, 11) is -4.09. The summed E-state index contributed by atoms with van der Waals surface area (Å²) in [6.07, 6.45) is 1.13. The zero-order chi connectivity index (χ0) is 28.6. The largest absolute Gasteiger partial charge is 0.352 e. The first kappa shape index (κ1) is 30.4. The molecular weight excluding hydrogens is 578 g/mol. The Hall–Kier alpha value is -3.17. The third kappa shape index (κ3) is 7.92. The lowest BCUT2D eigenvalue weighted by Crippen LogP contribution is -2.53. The van der Waals surface area contributed by atoms with Gasteiger partial charge >= 0.3 is 0 Å². The van der Waals surface area contributed by atoms with Gasteiger partial charge in [0, 0.05) is 17.1 Å². The quantitative estimate of drug-likeness (QED) is 0.285. The second kappa shape index (κ2) is 13.8. The van der Waals surface area contributed by atoms with Crippen LogP contribution in [0.25, 0.3) is 0 Å². The highest BCUT2D eigenvalue weighted by Crippen LogP contribution is 2.26. The van der Waals surface area contributed by atoms with Gasteiger partial charge in [-0.25, -0.2) is 8.42 Å². The third-order valence-corrected chi connectivity index (χ3v) is 8.90. The average molecular weight is 615 g/mol. The number of nitrogens with zero attached hydrogens (tertiary/aromatic N) is 2. The van der Waals surface area contributed by atoms with E-state index in [1.165, 1.54) is 17.0 Å². The molecule has 0 aliphatic heterocycles. The number of hydrogen-bond acceptors (Lipinski definition) is 4. The van der Waals surface area contributed by atoms with Crippen molar-refractivity contribution in [3.05, 3.63) is 94.5 Å². The lowest BCUT2D eigenvalue weighted by Gasteiger charge is -2.33. The number of rotatable bonds is 12. The zero-order valence-electron chi connectivity index (χ0n) is 22.8. The third-order valence-electron chi connectivity index (χ3n) is 6.59. The van der Waals surface area contributed by atoms with E-state index < -0.39 is 28.5 Å². The first-order chi connectivity index (χ1) is 18.6. The van der Waals surface area contributed by atoms with E-state index in [0.717, 1.165) is 26.3 Å².